The van der Waals surface area contributed by atoms with Gasteiger partial charge in [0.05, 0.1) is 7.11 Å². The van der Waals surface area contributed by atoms with Gasteiger partial charge in [-0.1, -0.05) is 6.07 Å². The fraction of sp³-hybridized carbons (Fsp3) is 0.364. The Hall–Kier alpha value is -1.58. The second kappa shape index (κ2) is 3.88. The molecule has 80 valence electrons. The minimum Gasteiger partial charge on any atom is -0.494 e. The van der Waals surface area contributed by atoms with Gasteiger partial charge in [0.1, 0.15) is 0 Å². The van der Waals surface area contributed by atoms with Crippen LogP contribution in [0.2, 0.25) is 0 Å². The summed E-state index contributed by atoms with van der Waals surface area (Å²) in [6.45, 7) is 0.619. The van der Waals surface area contributed by atoms with Crippen molar-refractivity contribution in [3.8, 4) is 5.75 Å². The van der Waals surface area contributed by atoms with Crippen molar-refractivity contribution in [3.63, 3.8) is 0 Å². The molecule has 1 saturated heterocycles. The van der Waals surface area contributed by atoms with Crippen LogP contribution in [0.4, 0.5) is 4.39 Å². The van der Waals surface area contributed by atoms with Gasteiger partial charge >= 0.3 is 0 Å². The SMILES string of the molecule is COc1cc(C2CNC(=O)C2)ccc1F. The zero-order valence-corrected chi connectivity index (χ0v) is 8.42. The molecule has 0 aliphatic carbocycles. The van der Waals surface area contributed by atoms with Crippen LogP contribution in [0.3, 0.4) is 0 Å². The van der Waals surface area contributed by atoms with Crippen molar-refractivity contribution in [2.45, 2.75) is 12.3 Å². The van der Waals surface area contributed by atoms with Crippen LogP contribution in [-0.2, 0) is 4.79 Å². The molecule has 1 heterocycles. The van der Waals surface area contributed by atoms with Crippen LogP contribution >= 0.6 is 0 Å². The number of ether oxygens (including phenoxy) is 1. The van der Waals surface area contributed by atoms with E-state index in [2.05, 4.69) is 5.32 Å². The third kappa shape index (κ3) is 1.93. The fourth-order valence-electron chi connectivity index (χ4n) is 1.77. The van der Waals surface area contributed by atoms with Crippen LogP contribution in [0.1, 0.15) is 17.9 Å². The van der Waals surface area contributed by atoms with Crippen LogP contribution < -0.4 is 10.1 Å². The highest BCUT2D eigenvalue weighted by Gasteiger charge is 2.23. The zero-order valence-electron chi connectivity index (χ0n) is 8.42. The summed E-state index contributed by atoms with van der Waals surface area (Å²) in [6, 6.07) is 4.72. The van der Waals surface area contributed by atoms with Crippen LogP contribution in [0.5, 0.6) is 5.75 Å². The molecule has 1 amide bonds. The van der Waals surface area contributed by atoms with Crippen molar-refractivity contribution in [2.24, 2.45) is 0 Å². The van der Waals surface area contributed by atoms with E-state index in [0.717, 1.165) is 5.56 Å². The molecule has 1 aliphatic heterocycles. The van der Waals surface area contributed by atoms with Gasteiger partial charge in [0.15, 0.2) is 11.6 Å². The quantitative estimate of drug-likeness (QED) is 0.800. The van der Waals surface area contributed by atoms with Gasteiger partial charge < -0.3 is 10.1 Å². The number of carbonyl (C=O) groups is 1. The van der Waals surface area contributed by atoms with Gasteiger partial charge in [-0.05, 0) is 17.7 Å². The Morgan fingerprint density at radius 2 is 2.33 bits per heavy atom. The maximum absolute atomic E-state index is 13.1. The Bertz CT molecular complexity index is 392. The minimum atomic E-state index is -0.376. The molecule has 1 unspecified atom stereocenters. The first kappa shape index (κ1) is 9.96. The third-order valence-electron chi connectivity index (χ3n) is 2.62. The first-order chi connectivity index (χ1) is 7.20. The summed E-state index contributed by atoms with van der Waals surface area (Å²) in [5, 5.41) is 2.75. The lowest BCUT2D eigenvalue weighted by Crippen LogP contribution is -2.13. The molecule has 3 nitrogen and oxygen atoms in total. The van der Waals surface area contributed by atoms with Gasteiger partial charge in [-0.25, -0.2) is 4.39 Å². The number of hydrogen-bond acceptors (Lipinski definition) is 2. The van der Waals surface area contributed by atoms with E-state index in [4.69, 9.17) is 4.74 Å². The van der Waals surface area contributed by atoms with E-state index in [1.54, 1.807) is 12.1 Å². The van der Waals surface area contributed by atoms with Gasteiger partial charge in [0, 0.05) is 18.9 Å². The average molecular weight is 209 g/mol. The number of rotatable bonds is 2. The molecular weight excluding hydrogens is 197 g/mol. The van der Waals surface area contributed by atoms with Crippen molar-refractivity contribution in [2.75, 3.05) is 13.7 Å². The van der Waals surface area contributed by atoms with Crippen LogP contribution in [0.25, 0.3) is 0 Å². The number of methoxy groups -OCH3 is 1. The van der Waals surface area contributed by atoms with Crippen molar-refractivity contribution < 1.29 is 13.9 Å². The molecule has 1 aliphatic rings. The Labute approximate surface area is 87.2 Å². The number of benzene rings is 1. The second-order valence-electron chi connectivity index (χ2n) is 3.60. The van der Waals surface area contributed by atoms with E-state index in [9.17, 15) is 9.18 Å². The largest absolute Gasteiger partial charge is 0.494 e. The molecule has 2 rings (SSSR count). The van der Waals surface area contributed by atoms with Gasteiger partial charge in [0.25, 0.3) is 0 Å². The molecule has 1 aromatic carbocycles. The van der Waals surface area contributed by atoms with Crippen LogP contribution in [0, 0.1) is 5.82 Å². The van der Waals surface area contributed by atoms with E-state index >= 15 is 0 Å². The van der Waals surface area contributed by atoms with Crippen molar-refractivity contribution in [1.29, 1.82) is 0 Å². The van der Waals surface area contributed by atoms with Gasteiger partial charge in [0.2, 0.25) is 5.91 Å². The lowest BCUT2D eigenvalue weighted by Gasteiger charge is -2.09. The number of hydrogen-bond donors (Lipinski definition) is 1. The molecule has 0 bridgehead atoms. The molecule has 4 heteroatoms. The van der Waals surface area contributed by atoms with Crippen LogP contribution in [-0.4, -0.2) is 19.6 Å². The summed E-state index contributed by atoms with van der Waals surface area (Å²) in [5.41, 5.74) is 0.937. The Kier molecular flexibility index (Phi) is 2.58. The lowest BCUT2D eigenvalue weighted by molar-refractivity contribution is -0.119. The second-order valence-corrected chi connectivity index (χ2v) is 3.60. The maximum Gasteiger partial charge on any atom is 0.220 e. The molecule has 0 spiro atoms. The standard InChI is InChI=1S/C11H12FNO2/c1-15-10-4-7(2-3-9(10)12)8-5-11(14)13-6-8/h2-4,8H,5-6H2,1H3,(H,13,14). The van der Waals surface area contributed by atoms with E-state index < -0.39 is 0 Å². The van der Waals surface area contributed by atoms with Crippen LogP contribution in [0.15, 0.2) is 18.2 Å². The highest BCUT2D eigenvalue weighted by molar-refractivity contribution is 5.79. The molecule has 1 fully saturated rings. The normalized spacial score (nSPS) is 20.1. The van der Waals surface area contributed by atoms with Gasteiger partial charge in [-0.15, -0.1) is 0 Å². The number of carbonyl (C=O) groups excluding carboxylic acids is 1. The smallest absolute Gasteiger partial charge is 0.220 e. The molecular formula is C11H12FNO2. The summed E-state index contributed by atoms with van der Waals surface area (Å²) in [5.74, 6) is 0.0284. The van der Waals surface area contributed by atoms with E-state index in [-0.39, 0.29) is 23.4 Å². The lowest BCUT2D eigenvalue weighted by atomic mass is 9.98. The average Bonchev–Trinajstić information content (AvgIpc) is 2.66. The topological polar surface area (TPSA) is 38.3 Å². The summed E-state index contributed by atoms with van der Waals surface area (Å²) in [4.78, 5) is 11.0. The molecule has 0 radical (unpaired) electrons. The fourth-order valence-corrected chi connectivity index (χ4v) is 1.77. The number of amides is 1. The Morgan fingerprint density at radius 1 is 1.53 bits per heavy atom. The monoisotopic (exact) mass is 209 g/mol. The summed E-state index contributed by atoms with van der Waals surface area (Å²) >= 11 is 0. The molecule has 15 heavy (non-hydrogen) atoms. The molecule has 1 N–H and O–H groups in total. The molecule has 1 aromatic rings. The zero-order chi connectivity index (χ0) is 10.8. The summed E-state index contributed by atoms with van der Waals surface area (Å²) in [7, 11) is 1.43. The van der Waals surface area contributed by atoms with Gasteiger partial charge in [-0.3, -0.25) is 4.79 Å². The third-order valence-corrected chi connectivity index (χ3v) is 2.62. The Balaban J connectivity index is 2.25. The van der Waals surface area contributed by atoms with Crippen molar-refractivity contribution in [1.82, 2.24) is 5.32 Å². The van der Waals surface area contributed by atoms with E-state index in [1.165, 1.54) is 13.2 Å². The molecule has 0 saturated carbocycles. The van der Waals surface area contributed by atoms with Gasteiger partial charge in [-0.2, -0.15) is 0 Å². The first-order valence-electron chi connectivity index (χ1n) is 4.81. The van der Waals surface area contributed by atoms with Crippen molar-refractivity contribution >= 4 is 5.91 Å². The number of halogens is 1. The molecule has 1 atom stereocenters. The highest BCUT2D eigenvalue weighted by atomic mass is 19.1. The van der Waals surface area contributed by atoms with Crippen molar-refractivity contribution in [3.05, 3.63) is 29.6 Å². The Morgan fingerprint density at radius 3 is 2.93 bits per heavy atom. The predicted octanol–water partition coefficient (Wildman–Crippen LogP) is 1.44. The summed E-state index contributed by atoms with van der Waals surface area (Å²) < 4.78 is 18.0. The predicted molar refractivity (Wildman–Crippen MR) is 53.3 cm³/mol. The van der Waals surface area contributed by atoms with E-state index in [0.29, 0.717) is 13.0 Å². The number of nitrogens with one attached hydrogen (secondary N) is 1. The summed E-state index contributed by atoms with van der Waals surface area (Å²) in [6.07, 6.45) is 0.467. The maximum atomic E-state index is 13.1. The van der Waals surface area contributed by atoms with E-state index in [1.807, 2.05) is 0 Å². The molecule has 0 aromatic heterocycles. The minimum absolute atomic E-state index is 0.0447. The first-order valence-corrected chi connectivity index (χ1v) is 4.81. The highest BCUT2D eigenvalue weighted by Crippen LogP contribution is 2.27.